The third-order valence-electron chi connectivity index (χ3n) is 2.59. The van der Waals surface area contributed by atoms with E-state index < -0.39 is 10.6 Å². The fourth-order valence-corrected chi connectivity index (χ4v) is 2.84. The number of nitrogens with zero attached hydrogens (tertiary/aromatic N) is 3. The minimum atomic E-state index is -0.665. The summed E-state index contributed by atoms with van der Waals surface area (Å²) in [4.78, 5) is 27.7. The number of halogens is 1. The topological polar surface area (TPSA) is 76.3 Å². The van der Waals surface area contributed by atoms with E-state index in [1.165, 1.54) is 12.3 Å². The predicted octanol–water partition coefficient (Wildman–Crippen LogP) is 1.83. The van der Waals surface area contributed by atoms with Gasteiger partial charge in [-0.1, -0.05) is 11.6 Å². The third kappa shape index (κ3) is 2.56. The van der Waals surface area contributed by atoms with Crippen LogP contribution in [0.3, 0.4) is 0 Å². The molecule has 0 saturated carbocycles. The Kier molecular flexibility index (Phi) is 4.03. The molecular formula is C10H10ClN3O3S. The Morgan fingerprint density at radius 2 is 2.17 bits per heavy atom. The van der Waals surface area contributed by atoms with Crippen LogP contribution < -0.4 is 0 Å². The van der Waals surface area contributed by atoms with Gasteiger partial charge < -0.3 is 4.90 Å². The Morgan fingerprint density at radius 3 is 2.78 bits per heavy atom. The van der Waals surface area contributed by atoms with E-state index in [1.807, 2.05) is 0 Å². The summed E-state index contributed by atoms with van der Waals surface area (Å²) < 4.78 is 0. The van der Waals surface area contributed by atoms with E-state index in [2.05, 4.69) is 4.98 Å². The molecule has 0 aliphatic carbocycles. The molecule has 1 fully saturated rings. The quantitative estimate of drug-likeness (QED) is 0.471. The summed E-state index contributed by atoms with van der Waals surface area (Å²) in [5.74, 6) is 1.34. The van der Waals surface area contributed by atoms with E-state index >= 15 is 0 Å². The van der Waals surface area contributed by atoms with Crippen LogP contribution in [-0.2, 0) is 0 Å². The summed E-state index contributed by atoms with van der Waals surface area (Å²) in [7, 11) is 0. The molecule has 0 radical (unpaired) electrons. The van der Waals surface area contributed by atoms with Crippen molar-refractivity contribution < 1.29 is 9.72 Å². The highest BCUT2D eigenvalue weighted by Gasteiger charge is 2.28. The lowest BCUT2D eigenvalue weighted by atomic mass is 10.2. The Morgan fingerprint density at radius 1 is 1.50 bits per heavy atom. The van der Waals surface area contributed by atoms with Gasteiger partial charge in [-0.3, -0.25) is 14.9 Å². The molecule has 18 heavy (non-hydrogen) atoms. The molecule has 1 saturated heterocycles. The highest BCUT2D eigenvalue weighted by atomic mass is 35.5. The zero-order valence-corrected chi connectivity index (χ0v) is 10.9. The number of nitro groups is 1. The van der Waals surface area contributed by atoms with Crippen molar-refractivity contribution in [2.75, 3.05) is 24.6 Å². The van der Waals surface area contributed by atoms with Crippen molar-refractivity contribution in [2.24, 2.45) is 0 Å². The van der Waals surface area contributed by atoms with Gasteiger partial charge in [0.2, 0.25) is 5.15 Å². The lowest BCUT2D eigenvalue weighted by Gasteiger charge is -2.26. The number of amides is 1. The SMILES string of the molecule is O=C(c1ccnc(Cl)c1[N+](=O)[O-])N1CCSCC1. The second-order valence-corrected chi connectivity index (χ2v) is 5.24. The number of carbonyl (C=O) groups is 1. The normalized spacial score (nSPS) is 15.5. The molecule has 0 N–H and O–H groups in total. The minimum Gasteiger partial charge on any atom is -0.337 e. The number of hydrogen-bond acceptors (Lipinski definition) is 5. The molecule has 1 aliphatic rings. The van der Waals surface area contributed by atoms with E-state index in [4.69, 9.17) is 11.6 Å². The molecule has 0 aromatic carbocycles. The molecule has 6 nitrogen and oxygen atoms in total. The van der Waals surface area contributed by atoms with Gasteiger partial charge in [-0.2, -0.15) is 11.8 Å². The van der Waals surface area contributed by atoms with Crippen LogP contribution in [0.15, 0.2) is 12.3 Å². The third-order valence-corrected chi connectivity index (χ3v) is 3.81. The summed E-state index contributed by atoms with van der Waals surface area (Å²) in [5, 5.41) is 10.7. The highest BCUT2D eigenvalue weighted by molar-refractivity contribution is 7.99. The standard InChI is InChI=1S/C10H10ClN3O3S/c11-9-8(14(16)17)7(1-2-12-9)10(15)13-3-5-18-6-4-13/h1-2H,3-6H2. The summed E-state index contributed by atoms with van der Waals surface area (Å²) in [6.45, 7) is 1.20. The van der Waals surface area contributed by atoms with E-state index in [1.54, 1.807) is 16.7 Å². The van der Waals surface area contributed by atoms with Gasteiger partial charge in [0.15, 0.2) is 0 Å². The number of aromatic nitrogens is 1. The average molecular weight is 288 g/mol. The van der Waals surface area contributed by atoms with Gasteiger partial charge in [-0.05, 0) is 6.07 Å². The average Bonchev–Trinajstić information content (AvgIpc) is 2.38. The van der Waals surface area contributed by atoms with Gasteiger partial charge in [0.25, 0.3) is 5.91 Å². The van der Waals surface area contributed by atoms with Crippen LogP contribution in [0.1, 0.15) is 10.4 Å². The highest BCUT2D eigenvalue weighted by Crippen LogP contribution is 2.27. The van der Waals surface area contributed by atoms with Crippen LogP contribution in [0, 0.1) is 10.1 Å². The molecular weight excluding hydrogens is 278 g/mol. The van der Waals surface area contributed by atoms with Crippen molar-refractivity contribution in [3.05, 3.63) is 33.1 Å². The summed E-state index contributed by atoms with van der Waals surface area (Å²) in [6, 6.07) is 1.34. The van der Waals surface area contributed by atoms with Gasteiger partial charge in [0.05, 0.1) is 4.92 Å². The largest absolute Gasteiger partial charge is 0.337 e. The fourth-order valence-electron chi connectivity index (χ4n) is 1.71. The predicted molar refractivity (Wildman–Crippen MR) is 69.1 cm³/mol. The van der Waals surface area contributed by atoms with Crippen molar-refractivity contribution in [2.45, 2.75) is 0 Å². The maximum absolute atomic E-state index is 12.2. The van der Waals surface area contributed by atoms with E-state index in [0.717, 1.165) is 11.5 Å². The summed E-state index contributed by atoms with van der Waals surface area (Å²) in [6.07, 6.45) is 1.31. The first kappa shape index (κ1) is 13.1. The zero-order valence-electron chi connectivity index (χ0n) is 9.34. The molecule has 0 bridgehead atoms. The zero-order chi connectivity index (χ0) is 13.1. The smallest absolute Gasteiger partial charge is 0.319 e. The van der Waals surface area contributed by atoms with Gasteiger partial charge in [-0.25, -0.2) is 4.98 Å². The molecule has 0 spiro atoms. The number of carbonyl (C=O) groups excluding carboxylic acids is 1. The second kappa shape index (κ2) is 5.53. The molecule has 0 atom stereocenters. The monoisotopic (exact) mass is 287 g/mol. The van der Waals surface area contributed by atoms with Gasteiger partial charge in [0, 0.05) is 30.8 Å². The Bertz CT molecular complexity index is 491. The van der Waals surface area contributed by atoms with Crippen LogP contribution in [0.5, 0.6) is 0 Å². The Labute approximate surface area is 112 Å². The molecule has 8 heteroatoms. The first-order valence-corrected chi connectivity index (χ1v) is 6.80. The second-order valence-electron chi connectivity index (χ2n) is 3.66. The van der Waals surface area contributed by atoms with E-state index in [0.29, 0.717) is 13.1 Å². The lowest BCUT2D eigenvalue weighted by Crippen LogP contribution is -2.38. The van der Waals surface area contributed by atoms with Gasteiger partial charge in [0.1, 0.15) is 5.56 Å². The van der Waals surface area contributed by atoms with Crippen molar-refractivity contribution in [3.63, 3.8) is 0 Å². The van der Waals surface area contributed by atoms with Crippen LogP contribution in [0.25, 0.3) is 0 Å². The maximum Gasteiger partial charge on any atom is 0.319 e. The Balaban J connectivity index is 2.35. The van der Waals surface area contributed by atoms with Crippen LogP contribution in [0.4, 0.5) is 5.69 Å². The van der Waals surface area contributed by atoms with Crippen molar-refractivity contribution in [3.8, 4) is 0 Å². The maximum atomic E-state index is 12.2. The molecule has 1 aliphatic heterocycles. The van der Waals surface area contributed by atoms with E-state index in [-0.39, 0.29) is 16.6 Å². The summed E-state index contributed by atoms with van der Waals surface area (Å²) in [5.41, 5.74) is -0.408. The molecule has 2 heterocycles. The lowest BCUT2D eigenvalue weighted by molar-refractivity contribution is -0.385. The molecule has 1 aromatic heterocycles. The first-order valence-electron chi connectivity index (χ1n) is 5.27. The van der Waals surface area contributed by atoms with Crippen molar-refractivity contribution in [1.82, 2.24) is 9.88 Å². The number of thioether (sulfide) groups is 1. The molecule has 0 unspecified atom stereocenters. The molecule has 96 valence electrons. The number of pyridine rings is 1. The van der Waals surface area contributed by atoms with Crippen LogP contribution in [0.2, 0.25) is 5.15 Å². The van der Waals surface area contributed by atoms with Crippen molar-refractivity contribution >= 4 is 35.0 Å². The Hall–Kier alpha value is -1.34. The molecule has 1 amide bonds. The van der Waals surface area contributed by atoms with Gasteiger partial charge in [-0.15, -0.1) is 0 Å². The van der Waals surface area contributed by atoms with Crippen molar-refractivity contribution in [1.29, 1.82) is 0 Å². The van der Waals surface area contributed by atoms with E-state index in [9.17, 15) is 14.9 Å². The molecule has 1 aromatic rings. The first-order chi connectivity index (χ1) is 8.61. The molecule has 2 rings (SSSR count). The van der Waals surface area contributed by atoms with Gasteiger partial charge >= 0.3 is 5.69 Å². The summed E-state index contributed by atoms with van der Waals surface area (Å²) >= 11 is 7.44. The number of rotatable bonds is 2. The van der Waals surface area contributed by atoms with Crippen LogP contribution >= 0.6 is 23.4 Å². The minimum absolute atomic E-state index is 0.00639. The fraction of sp³-hybridized carbons (Fsp3) is 0.400. The van der Waals surface area contributed by atoms with Crippen LogP contribution in [-0.4, -0.2) is 45.3 Å². The number of hydrogen-bond donors (Lipinski definition) is 0.